The first-order valence-electron chi connectivity index (χ1n) is 12.6. The van der Waals surface area contributed by atoms with Gasteiger partial charge in [0, 0.05) is 31.7 Å². The van der Waals surface area contributed by atoms with Crippen LogP contribution in [0.4, 0.5) is 22.1 Å². The number of anilines is 3. The Bertz CT molecular complexity index is 1180. The lowest BCUT2D eigenvalue weighted by Crippen LogP contribution is -2.58. The second kappa shape index (κ2) is 10.2. The van der Waals surface area contributed by atoms with E-state index in [1.807, 2.05) is 43.9 Å². The smallest absolute Gasteiger partial charge is 0.410 e. The molecule has 1 saturated heterocycles. The summed E-state index contributed by atoms with van der Waals surface area (Å²) in [5.41, 5.74) is 2.71. The highest BCUT2D eigenvalue weighted by atomic mass is 16.6. The Labute approximate surface area is 214 Å². The molecular formula is C28H36N6O2. The number of ether oxygens (including phenoxy) is 1. The Morgan fingerprint density at radius 3 is 2.67 bits per heavy atom. The van der Waals surface area contributed by atoms with Crippen molar-refractivity contribution in [2.24, 2.45) is 5.92 Å². The summed E-state index contributed by atoms with van der Waals surface area (Å²) >= 11 is 0. The summed E-state index contributed by atoms with van der Waals surface area (Å²) in [6.45, 7) is 15.4. The fourth-order valence-electron chi connectivity index (χ4n) is 4.51. The third-order valence-corrected chi connectivity index (χ3v) is 6.51. The molecule has 8 heteroatoms. The van der Waals surface area contributed by atoms with E-state index in [1.54, 1.807) is 12.3 Å². The van der Waals surface area contributed by atoms with E-state index in [0.717, 1.165) is 29.8 Å². The van der Waals surface area contributed by atoms with E-state index in [9.17, 15) is 10.1 Å². The summed E-state index contributed by atoms with van der Waals surface area (Å²) in [5.74, 6) is 1.97. The van der Waals surface area contributed by atoms with Crippen LogP contribution in [0.15, 0.2) is 31.0 Å². The van der Waals surface area contributed by atoms with Gasteiger partial charge in [-0.3, -0.25) is 0 Å². The average Bonchev–Trinajstić information content (AvgIpc) is 3.68. The number of rotatable bonds is 6. The predicted octanol–water partition coefficient (Wildman–Crippen LogP) is 5.69. The van der Waals surface area contributed by atoms with Gasteiger partial charge in [0.1, 0.15) is 23.3 Å². The molecule has 1 amide bonds. The van der Waals surface area contributed by atoms with E-state index in [-0.39, 0.29) is 18.1 Å². The molecule has 0 bridgehead atoms. The van der Waals surface area contributed by atoms with Crippen molar-refractivity contribution in [3.8, 4) is 6.07 Å². The number of nitriles is 1. The van der Waals surface area contributed by atoms with E-state index in [4.69, 9.17) is 9.72 Å². The van der Waals surface area contributed by atoms with Crippen LogP contribution in [0.2, 0.25) is 0 Å². The highest BCUT2D eigenvalue weighted by Crippen LogP contribution is 2.44. The average molecular weight is 489 g/mol. The number of hydrogen-bond acceptors (Lipinski definition) is 7. The standard InChI is InChI=1S/C28H36N6O2/c1-7-19-10-11-30-24(14-19)31-22-15-21(16-29)26(32-25(22)20-8-9-20)33-12-13-34(23(17-33)18(2)3)27(35)36-28(4,5)6/h7,10-11,14-15,18,20,23H,1,8-9,12-13,17H2,2-6H3,(H,30,31). The largest absolute Gasteiger partial charge is 0.444 e. The summed E-state index contributed by atoms with van der Waals surface area (Å²) in [6, 6.07) is 8.01. The Morgan fingerprint density at radius 1 is 1.31 bits per heavy atom. The molecule has 8 nitrogen and oxygen atoms in total. The first-order valence-corrected chi connectivity index (χ1v) is 12.6. The van der Waals surface area contributed by atoms with Gasteiger partial charge in [0.15, 0.2) is 0 Å². The number of hydrogen-bond donors (Lipinski definition) is 1. The van der Waals surface area contributed by atoms with E-state index in [1.165, 1.54) is 0 Å². The third-order valence-electron chi connectivity index (χ3n) is 6.51. The number of pyridine rings is 2. The first kappa shape index (κ1) is 25.5. The van der Waals surface area contributed by atoms with Gasteiger partial charge in [0.25, 0.3) is 0 Å². The molecule has 190 valence electrons. The molecule has 36 heavy (non-hydrogen) atoms. The quantitative estimate of drug-likeness (QED) is 0.558. The van der Waals surface area contributed by atoms with Gasteiger partial charge in [-0.1, -0.05) is 26.5 Å². The zero-order valence-corrected chi connectivity index (χ0v) is 21.9. The topological polar surface area (TPSA) is 94.4 Å². The maximum Gasteiger partial charge on any atom is 0.410 e. The monoisotopic (exact) mass is 488 g/mol. The van der Waals surface area contributed by atoms with Gasteiger partial charge >= 0.3 is 6.09 Å². The Hall–Kier alpha value is -3.60. The lowest BCUT2D eigenvalue weighted by atomic mass is 9.99. The van der Waals surface area contributed by atoms with Crippen molar-refractivity contribution in [2.45, 2.75) is 65.0 Å². The van der Waals surface area contributed by atoms with E-state index in [0.29, 0.717) is 42.8 Å². The van der Waals surface area contributed by atoms with E-state index in [2.05, 4.69) is 41.7 Å². The molecule has 0 aromatic carbocycles. The highest BCUT2D eigenvalue weighted by molar-refractivity contribution is 5.71. The van der Waals surface area contributed by atoms with Gasteiger partial charge in [-0.15, -0.1) is 0 Å². The fraction of sp³-hybridized carbons (Fsp3) is 0.500. The summed E-state index contributed by atoms with van der Waals surface area (Å²) < 4.78 is 5.67. The van der Waals surface area contributed by atoms with Crippen molar-refractivity contribution in [1.29, 1.82) is 5.26 Å². The minimum atomic E-state index is -0.548. The number of nitrogens with zero attached hydrogens (tertiary/aromatic N) is 5. The Balaban J connectivity index is 1.63. The molecule has 0 radical (unpaired) electrons. The molecule has 2 aliphatic rings. The second-order valence-electron chi connectivity index (χ2n) is 10.9. The second-order valence-corrected chi connectivity index (χ2v) is 10.9. The molecule has 1 N–H and O–H groups in total. The van der Waals surface area contributed by atoms with Crippen LogP contribution in [-0.4, -0.2) is 52.2 Å². The van der Waals surface area contributed by atoms with E-state index >= 15 is 0 Å². The van der Waals surface area contributed by atoms with Crippen LogP contribution in [0, 0.1) is 17.2 Å². The molecular weight excluding hydrogens is 452 g/mol. The van der Waals surface area contributed by atoms with Crippen molar-refractivity contribution in [3.05, 3.63) is 47.8 Å². The van der Waals surface area contributed by atoms with Gasteiger partial charge in [0.2, 0.25) is 0 Å². The molecule has 1 atom stereocenters. The molecule has 2 aromatic heterocycles. The molecule has 1 aliphatic carbocycles. The number of amides is 1. The van der Waals surface area contributed by atoms with Crippen molar-refractivity contribution in [1.82, 2.24) is 14.9 Å². The zero-order valence-electron chi connectivity index (χ0n) is 21.9. The van der Waals surface area contributed by atoms with Gasteiger partial charge in [-0.2, -0.15) is 5.26 Å². The Morgan fingerprint density at radius 2 is 2.06 bits per heavy atom. The van der Waals surface area contributed by atoms with Crippen molar-refractivity contribution >= 4 is 29.5 Å². The van der Waals surface area contributed by atoms with Crippen LogP contribution >= 0.6 is 0 Å². The lowest BCUT2D eigenvalue weighted by molar-refractivity contribution is 0.00878. The normalized spacial score (nSPS) is 18.1. The molecule has 2 fully saturated rings. The maximum atomic E-state index is 12.9. The van der Waals surface area contributed by atoms with Crippen LogP contribution < -0.4 is 10.2 Å². The summed E-state index contributed by atoms with van der Waals surface area (Å²) in [7, 11) is 0. The number of nitrogens with one attached hydrogen (secondary N) is 1. The molecule has 1 saturated carbocycles. The van der Waals surface area contributed by atoms with Crippen molar-refractivity contribution < 1.29 is 9.53 Å². The van der Waals surface area contributed by atoms with Gasteiger partial charge in [0.05, 0.1) is 23.0 Å². The lowest BCUT2D eigenvalue weighted by Gasteiger charge is -2.44. The van der Waals surface area contributed by atoms with Crippen LogP contribution in [-0.2, 0) is 4.74 Å². The molecule has 0 spiro atoms. The molecule has 2 aromatic rings. The predicted molar refractivity (Wildman–Crippen MR) is 142 cm³/mol. The highest BCUT2D eigenvalue weighted by Gasteiger charge is 2.37. The minimum Gasteiger partial charge on any atom is -0.444 e. The van der Waals surface area contributed by atoms with Crippen molar-refractivity contribution in [2.75, 3.05) is 29.9 Å². The van der Waals surface area contributed by atoms with Crippen LogP contribution in [0.1, 0.15) is 70.2 Å². The SMILES string of the molecule is C=Cc1ccnc(Nc2cc(C#N)c(N3CCN(C(=O)OC(C)(C)C)C(C(C)C)C3)nc2C2CC2)c1. The van der Waals surface area contributed by atoms with Gasteiger partial charge < -0.3 is 19.9 Å². The summed E-state index contributed by atoms with van der Waals surface area (Å²) in [4.78, 5) is 26.4. The first-order chi connectivity index (χ1) is 17.1. The minimum absolute atomic E-state index is 0.0463. The Kier molecular flexibility index (Phi) is 7.21. The molecule has 1 aliphatic heterocycles. The number of piperazine rings is 1. The van der Waals surface area contributed by atoms with Crippen LogP contribution in [0.3, 0.4) is 0 Å². The van der Waals surface area contributed by atoms with Crippen molar-refractivity contribution in [3.63, 3.8) is 0 Å². The van der Waals surface area contributed by atoms with E-state index < -0.39 is 5.60 Å². The molecule has 4 rings (SSSR count). The maximum absolute atomic E-state index is 12.9. The zero-order chi connectivity index (χ0) is 26.0. The van der Waals surface area contributed by atoms with Crippen LogP contribution in [0.5, 0.6) is 0 Å². The summed E-state index contributed by atoms with van der Waals surface area (Å²) in [6.07, 6.45) is 5.38. The van der Waals surface area contributed by atoms with Gasteiger partial charge in [-0.05, 0) is 63.3 Å². The molecule has 3 heterocycles. The third kappa shape index (κ3) is 5.78. The number of carbonyl (C=O) groups is 1. The van der Waals surface area contributed by atoms with Crippen LogP contribution in [0.25, 0.3) is 6.08 Å². The molecule has 1 unspecified atom stereocenters. The van der Waals surface area contributed by atoms with Gasteiger partial charge in [-0.25, -0.2) is 14.8 Å². The summed E-state index contributed by atoms with van der Waals surface area (Å²) in [5, 5.41) is 13.4. The number of carbonyl (C=O) groups excluding carboxylic acids is 1. The fourth-order valence-corrected chi connectivity index (χ4v) is 4.51. The number of aromatic nitrogens is 2.